The fraction of sp³-hybridized carbons (Fsp3) is 0.0435. The lowest BCUT2D eigenvalue weighted by Gasteiger charge is -2.12. The van der Waals surface area contributed by atoms with Crippen molar-refractivity contribution < 1.29 is 4.79 Å². The second kappa shape index (κ2) is 7.30. The van der Waals surface area contributed by atoms with Crippen molar-refractivity contribution in [1.29, 1.82) is 0 Å². The lowest BCUT2D eigenvalue weighted by atomic mass is 10.0. The number of aryl methyl sites for hydroxylation is 1. The molecule has 2 aromatic heterocycles. The zero-order valence-electron chi connectivity index (χ0n) is 15.0. The summed E-state index contributed by atoms with van der Waals surface area (Å²) in [6, 6.07) is 21.9. The van der Waals surface area contributed by atoms with Crippen LogP contribution >= 0.6 is 0 Å². The van der Waals surface area contributed by atoms with Gasteiger partial charge in [-0.05, 0) is 47.9 Å². The van der Waals surface area contributed by atoms with Gasteiger partial charge in [0.15, 0.2) is 0 Å². The van der Waals surface area contributed by atoms with Gasteiger partial charge in [0.2, 0.25) is 0 Å². The fourth-order valence-electron chi connectivity index (χ4n) is 2.96. The van der Waals surface area contributed by atoms with Gasteiger partial charge in [-0.3, -0.25) is 9.78 Å². The minimum Gasteiger partial charge on any atom is -0.322 e. The Morgan fingerprint density at radius 2 is 1.67 bits per heavy atom. The Morgan fingerprint density at radius 3 is 2.44 bits per heavy atom. The summed E-state index contributed by atoms with van der Waals surface area (Å²) < 4.78 is 1.92. The number of carbonyl (C=O) groups is 1. The van der Waals surface area contributed by atoms with Crippen molar-refractivity contribution in [1.82, 2.24) is 9.55 Å². The molecule has 2 heterocycles. The van der Waals surface area contributed by atoms with E-state index in [1.807, 2.05) is 72.4 Å². The summed E-state index contributed by atoms with van der Waals surface area (Å²) in [5, 5.41) is 3.02. The summed E-state index contributed by atoms with van der Waals surface area (Å²) in [4.78, 5) is 17.0. The maximum Gasteiger partial charge on any atom is 0.257 e. The summed E-state index contributed by atoms with van der Waals surface area (Å²) >= 11 is 0. The molecule has 0 spiro atoms. The SMILES string of the molecule is Cc1ccc(-c2ccccc2)cc1NC(=O)c1cncc(-n2cccc2)c1. The van der Waals surface area contributed by atoms with Crippen molar-refractivity contribution in [3.63, 3.8) is 0 Å². The Morgan fingerprint density at radius 1 is 0.889 bits per heavy atom. The molecular formula is C23H19N3O. The van der Waals surface area contributed by atoms with Gasteiger partial charge >= 0.3 is 0 Å². The molecule has 4 nitrogen and oxygen atoms in total. The number of carbonyl (C=O) groups excluding carboxylic acids is 1. The van der Waals surface area contributed by atoms with Gasteiger partial charge in [0.25, 0.3) is 5.91 Å². The monoisotopic (exact) mass is 353 g/mol. The standard InChI is InChI=1S/C23H19N3O/c1-17-9-10-19(18-7-3-2-4-8-18)14-22(17)25-23(27)20-13-21(16-24-15-20)26-11-5-6-12-26/h2-16H,1H3,(H,25,27). The average Bonchev–Trinajstić information content (AvgIpc) is 3.25. The highest BCUT2D eigenvalue weighted by atomic mass is 16.1. The van der Waals surface area contributed by atoms with Crippen LogP contribution in [-0.4, -0.2) is 15.5 Å². The third kappa shape index (κ3) is 3.65. The first-order chi connectivity index (χ1) is 13.2. The summed E-state index contributed by atoms with van der Waals surface area (Å²) in [5.74, 6) is -0.176. The molecule has 1 amide bonds. The van der Waals surface area contributed by atoms with E-state index in [4.69, 9.17) is 0 Å². The molecule has 1 N–H and O–H groups in total. The second-order valence-electron chi connectivity index (χ2n) is 6.37. The van der Waals surface area contributed by atoms with Gasteiger partial charge in [0, 0.05) is 24.3 Å². The van der Waals surface area contributed by atoms with Crippen LogP contribution in [0.15, 0.2) is 91.5 Å². The van der Waals surface area contributed by atoms with E-state index in [-0.39, 0.29) is 5.91 Å². The zero-order chi connectivity index (χ0) is 18.6. The molecule has 0 fully saturated rings. The summed E-state index contributed by atoms with van der Waals surface area (Å²) in [6.07, 6.45) is 7.16. The predicted octanol–water partition coefficient (Wildman–Crippen LogP) is 5.10. The number of rotatable bonds is 4. The fourth-order valence-corrected chi connectivity index (χ4v) is 2.96. The Labute approximate surface area is 158 Å². The average molecular weight is 353 g/mol. The second-order valence-corrected chi connectivity index (χ2v) is 6.37. The first kappa shape index (κ1) is 16.8. The van der Waals surface area contributed by atoms with Crippen molar-refractivity contribution in [3.05, 3.63) is 103 Å². The molecule has 4 aromatic rings. The highest BCUT2D eigenvalue weighted by molar-refractivity contribution is 6.05. The van der Waals surface area contributed by atoms with Crippen LogP contribution in [-0.2, 0) is 0 Å². The Kier molecular flexibility index (Phi) is 4.54. The smallest absolute Gasteiger partial charge is 0.257 e. The van der Waals surface area contributed by atoms with E-state index in [1.165, 1.54) is 0 Å². The third-order valence-electron chi connectivity index (χ3n) is 4.48. The van der Waals surface area contributed by atoms with E-state index >= 15 is 0 Å². The van der Waals surface area contributed by atoms with Crippen LogP contribution in [0.3, 0.4) is 0 Å². The van der Waals surface area contributed by atoms with Crippen LogP contribution in [0.25, 0.3) is 16.8 Å². The molecule has 0 aliphatic rings. The van der Waals surface area contributed by atoms with E-state index in [1.54, 1.807) is 12.4 Å². The third-order valence-corrected chi connectivity index (χ3v) is 4.48. The van der Waals surface area contributed by atoms with E-state index < -0.39 is 0 Å². The number of amides is 1. The molecule has 132 valence electrons. The quantitative estimate of drug-likeness (QED) is 0.555. The first-order valence-corrected chi connectivity index (χ1v) is 8.76. The summed E-state index contributed by atoms with van der Waals surface area (Å²) in [7, 11) is 0. The number of benzene rings is 2. The molecule has 0 radical (unpaired) electrons. The number of aromatic nitrogens is 2. The number of hydrogen-bond donors (Lipinski definition) is 1. The van der Waals surface area contributed by atoms with Crippen LogP contribution in [0.1, 0.15) is 15.9 Å². The van der Waals surface area contributed by atoms with Crippen molar-refractivity contribution in [2.24, 2.45) is 0 Å². The van der Waals surface area contributed by atoms with E-state index in [9.17, 15) is 4.79 Å². The van der Waals surface area contributed by atoms with Crippen LogP contribution < -0.4 is 5.32 Å². The van der Waals surface area contributed by atoms with E-state index in [0.29, 0.717) is 5.56 Å². The Bertz CT molecular complexity index is 1070. The Balaban J connectivity index is 1.61. The van der Waals surface area contributed by atoms with Crippen LogP contribution in [0.4, 0.5) is 5.69 Å². The van der Waals surface area contributed by atoms with Crippen molar-refractivity contribution in [2.75, 3.05) is 5.32 Å². The molecule has 0 aliphatic carbocycles. The van der Waals surface area contributed by atoms with E-state index in [2.05, 4.69) is 28.5 Å². The Hall–Kier alpha value is -3.66. The molecule has 0 aliphatic heterocycles. The lowest BCUT2D eigenvalue weighted by molar-refractivity contribution is 0.102. The van der Waals surface area contributed by atoms with Gasteiger partial charge < -0.3 is 9.88 Å². The number of nitrogens with one attached hydrogen (secondary N) is 1. The number of anilines is 1. The van der Waals surface area contributed by atoms with Gasteiger partial charge in [-0.1, -0.05) is 42.5 Å². The molecule has 0 unspecified atom stereocenters. The van der Waals surface area contributed by atoms with Crippen molar-refractivity contribution >= 4 is 11.6 Å². The molecule has 4 heteroatoms. The molecule has 0 saturated carbocycles. The summed E-state index contributed by atoms with van der Waals surface area (Å²) in [6.45, 7) is 1.98. The predicted molar refractivity (Wildman–Crippen MR) is 108 cm³/mol. The lowest BCUT2D eigenvalue weighted by Crippen LogP contribution is -2.13. The highest BCUT2D eigenvalue weighted by Crippen LogP contribution is 2.25. The molecule has 27 heavy (non-hydrogen) atoms. The first-order valence-electron chi connectivity index (χ1n) is 8.76. The molecule has 4 rings (SSSR count). The van der Waals surface area contributed by atoms with Gasteiger partial charge in [0.05, 0.1) is 17.4 Å². The number of hydrogen-bond acceptors (Lipinski definition) is 2. The zero-order valence-corrected chi connectivity index (χ0v) is 15.0. The molecule has 0 atom stereocenters. The van der Waals surface area contributed by atoms with Crippen molar-refractivity contribution in [2.45, 2.75) is 6.92 Å². The van der Waals surface area contributed by atoms with E-state index in [0.717, 1.165) is 28.1 Å². The topological polar surface area (TPSA) is 46.9 Å². The van der Waals surface area contributed by atoms with Gasteiger partial charge in [0.1, 0.15) is 0 Å². The summed E-state index contributed by atoms with van der Waals surface area (Å²) in [5.41, 5.74) is 5.36. The molecule has 0 saturated heterocycles. The molecule has 2 aromatic carbocycles. The molecular weight excluding hydrogens is 334 g/mol. The minimum absolute atomic E-state index is 0.176. The minimum atomic E-state index is -0.176. The van der Waals surface area contributed by atoms with Crippen LogP contribution in [0.2, 0.25) is 0 Å². The highest BCUT2D eigenvalue weighted by Gasteiger charge is 2.11. The van der Waals surface area contributed by atoms with Gasteiger partial charge in [-0.25, -0.2) is 0 Å². The maximum absolute atomic E-state index is 12.8. The number of pyridine rings is 1. The van der Waals surface area contributed by atoms with Crippen LogP contribution in [0, 0.1) is 6.92 Å². The van der Waals surface area contributed by atoms with Gasteiger partial charge in [-0.15, -0.1) is 0 Å². The van der Waals surface area contributed by atoms with Crippen molar-refractivity contribution in [3.8, 4) is 16.8 Å². The number of nitrogens with zero attached hydrogens (tertiary/aromatic N) is 2. The largest absolute Gasteiger partial charge is 0.322 e. The maximum atomic E-state index is 12.8. The van der Waals surface area contributed by atoms with Gasteiger partial charge in [-0.2, -0.15) is 0 Å². The molecule has 0 bridgehead atoms. The normalized spacial score (nSPS) is 10.6. The van der Waals surface area contributed by atoms with Crippen LogP contribution in [0.5, 0.6) is 0 Å².